The van der Waals surface area contributed by atoms with E-state index in [9.17, 15) is 9.59 Å². The highest BCUT2D eigenvalue weighted by Crippen LogP contribution is 2.42. The first-order valence-corrected chi connectivity index (χ1v) is 10.5. The number of hydrogen-bond donors (Lipinski definition) is 0. The second kappa shape index (κ2) is 7.07. The molecule has 0 N–H and O–H groups in total. The van der Waals surface area contributed by atoms with Crippen LogP contribution >= 0.6 is 46.0 Å². The first-order chi connectivity index (χ1) is 11.4. The lowest BCUT2D eigenvalue weighted by Crippen LogP contribution is -2.38. The van der Waals surface area contributed by atoms with Crippen LogP contribution < -0.4 is 11.2 Å². The van der Waals surface area contributed by atoms with E-state index in [4.69, 9.17) is 11.6 Å². The van der Waals surface area contributed by atoms with Gasteiger partial charge < -0.3 is 0 Å². The summed E-state index contributed by atoms with van der Waals surface area (Å²) < 4.78 is 4.01. The first-order valence-electron chi connectivity index (χ1n) is 7.46. The van der Waals surface area contributed by atoms with Gasteiger partial charge >= 0.3 is 5.69 Å². The summed E-state index contributed by atoms with van der Waals surface area (Å²) >= 11 is 10.8. The largest absolute Gasteiger partial charge is 0.331 e. The summed E-state index contributed by atoms with van der Waals surface area (Å²) in [5.74, 6) is 0.630. The summed E-state index contributed by atoms with van der Waals surface area (Å²) in [5.41, 5.74) is -0.516. The second-order valence-electron chi connectivity index (χ2n) is 5.85. The summed E-state index contributed by atoms with van der Waals surface area (Å²) in [4.78, 5) is 27.9. The molecule has 0 aliphatic carbocycles. The molecule has 3 aromatic rings. The van der Waals surface area contributed by atoms with Gasteiger partial charge in [-0.3, -0.25) is 13.9 Å². The molecule has 0 fully saturated rings. The Morgan fingerprint density at radius 1 is 1.33 bits per heavy atom. The minimum Gasteiger partial charge on any atom is -0.284 e. The van der Waals surface area contributed by atoms with Crippen LogP contribution in [0.5, 0.6) is 0 Å². The summed E-state index contributed by atoms with van der Waals surface area (Å²) in [6.45, 7) is 4.69. The van der Waals surface area contributed by atoms with Crippen molar-refractivity contribution in [2.24, 2.45) is 13.0 Å². The quantitative estimate of drug-likeness (QED) is 0.597. The summed E-state index contributed by atoms with van der Waals surface area (Å²) in [5, 5.41) is 2.61. The molecular weight excluding hydrogens is 384 g/mol. The fraction of sp³-hybridized carbons (Fsp3) is 0.375. The molecule has 128 valence electrons. The highest BCUT2D eigenvalue weighted by atomic mass is 35.5. The molecule has 3 aromatic heterocycles. The second-order valence-corrected chi connectivity index (χ2v) is 9.46. The third-order valence-electron chi connectivity index (χ3n) is 3.56. The zero-order valence-electron chi connectivity index (χ0n) is 13.5. The van der Waals surface area contributed by atoms with Gasteiger partial charge in [0.2, 0.25) is 0 Å². The Morgan fingerprint density at radius 3 is 2.67 bits per heavy atom. The molecule has 0 unspecified atom stereocenters. The van der Waals surface area contributed by atoms with Crippen LogP contribution in [0.2, 0.25) is 0 Å². The Morgan fingerprint density at radius 2 is 2.08 bits per heavy atom. The molecule has 0 aliphatic heterocycles. The maximum atomic E-state index is 12.8. The lowest BCUT2D eigenvalue weighted by atomic mass is 10.2. The molecule has 0 aromatic carbocycles. The average molecular weight is 401 g/mol. The maximum Gasteiger partial charge on any atom is 0.331 e. The zero-order valence-corrected chi connectivity index (χ0v) is 16.7. The molecule has 8 heteroatoms. The molecule has 0 amide bonds. The van der Waals surface area contributed by atoms with Crippen molar-refractivity contribution in [1.29, 1.82) is 0 Å². The molecule has 0 aliphatic rings. The van der Waals surface area contributed by atoms with Gasteiger partial charge in [-0.05, 0) is 17.4 Å². The van der Waals surface area contributed by atoms with Gasteiger partial charge in [-0.25, -0.2) is 4.79 Å². The van der Waals surface area contributed by atoms with Crippen LogP contribution in [0.4, 0.5) is 0 Å². The number of alkyl halides is 1. The Balaban J connectivity index is 2.34. The number of rotatable bonds is 5. The smallest absolute Gasteiger partial charge is 0.284 e. The average Bonchev–Trinajstić information content (AvgIpc) is 3.17. The third kappa shape index (κ3) is 3.10. The normalized spacial score (nSPS) is 11.7. The molecule has 0 atom stereocenters. The molecule has 0 saturated heterocycles. The predicted molar refractivity (Wildman–Crippen MR) is 104 cm³/mol. The van der Waals surface area contributed by atoms with Gasteiger partial charge in [0, 0.05) is 23.4 Å². The zero-order chi connectivity index (χ0) is 17.4. The fourth-order valence-corrected chi connectivity index (χ4v) is 6.10. The lowest BCUT2D eigenvalue weighted by Gasteiger charge is -2.11. The van der Waals surface area contributed by atoms with Crippen LogP contribution in [0.3, 0.4) is 0 Å². The van der Waals surface area contributed by atoms with Crippen molar-refractivity contribution in [2.75, 3.05) is 0 Å². The number of fused-ring (bicyclic) bond motifs is 1. The highest BCUT2D eigenvalue weighted by Gasteiger charge is 2.22. The minimum atomic E-state index is -0.267. The lowest BCUT2D eigenvalue weighted by molar-refractivity contribution is 0.504. The van der Waals surface area contributed by atoms with E-state index in [1.54, 1.807) is 34.7 Å². The highest BCUT2D eigenvalue weighted by molar-refractivity contribution is 8.01. The number of hydrogen-bond acceptors (Lipinski definition) is 5. The van der Waals surface area contributed by atoms with Crippen molar-refractivity contribution >= 4 is 56.3 Å². The van der Waals surface area contributed by atoms with Gasteiger partial charge in [0.1, 0.15) is 4.83 Å². The van der Waals surface area contributed by atoms with Gasteiger partial charge in [0.15, 0.2) is 0 Å². The third-order valence-corrected chi connectivity index (χ3v) is 7.52. The molecule has 3 heterocycles. The molecule has 0 spiro atoms. The maximum absolute atomic E-state index is 12.8. The van der Waals surface area contributed by atoms with Gasteiger partial charge in [0.05, 0.1) is 15.5 Å². The monoisotopic (exact) mass is 400 g/mol. The summed E-state index contributed by atoms with van der Waals surface area (Å²) in [6.07, 6.45) is 0. The number of aromatic nitrogens is 2. The Hall–Kier alpha value is -1.02. The van der Waals surface area contributed by atoms with Gasteiger partial charge in [-0.1, -0.05) is 31.7 Å². The summed E-state index contributed by atoms with van der Waals surface area (Å²) in [6, 6.07) is 4.00. The van der Waals surface area contributed by atoms with Crippen molar-refractivity contribution in [3.05, 3.63) is 43.2 Å². The van der Waals surface area contributed by atoms with E-state index in [1.165, 1.54) is 15.9 Å². The van der Waals surface area contributed by atoms with Crippen LogP contribution in [0.15, 0.2) is 36.2 Å². The van der Waals surface area contributed by atoms with E-state index in [1.807, 2.05) is 17.5 Å². The molecule has 0 bridgehead atoms. The molecular formula is C16H17ClN2O2S3. The van der Waals surface area contributed by atoms with E-state index < -0.39 is 0 Å². The molecule has 3 rings (SSSR count). The number of halogens is 1. The van der Waals surface area contributed by atoms with Crippen LogP contribution in [-0.4, -0.2) is 9.13 Å². The fourth-order valence-electron chi connectivity index (χ4n) is 2.50. The SMILES string of the molecule is CC(C)Cn1c(=O)n(C)c(=O)c2c(Sc3cccs3)c(CCl)sc21. The van der Waals surface area contributed by atoms with E-state index in [0.29, 0.717) is 23.7 Å². The Bertz CT molecular complexity index is 984. The minimum absolute atomic E-state index is 0.248. The first kappa shape index (κ1) is 17.8. The van der Waals surface area contributed by atoms with Crippen LogP contribution in [0, 0.1) is 5.92 Å². The molecule has 24 heavy (non-hydrogen) atoms. The number of thiophene rings is 2. The van der Waals surface area contributed by atoms with Crippen molar-refractivity contribution in [3.8, 4) is 0 Å². The standard InChI is InChI=1S/C16H17ClN2O2S3/c1-9(2)8-19-15-12(14(20)18(3)16(19)21)13(10(7-17)23-15)24-11-5-4-6-22-11/h4-6,9H,7-8H2,1-3H3. The van der Waals surface area contributed by atoms with Crippen molar-refractivity contribution in [1.82, 2.24) is 9.13 Å². The molecule has 0 saturated carbocycles. The van der Waals surface area contributed by atoms with E-state index in [0.717, 1.165) is 18.8 Å². The van der Waals surface area contributed by atoms with Crippen LogP contribution in [-0.2, 0) is 19.5 Å². The van der Waals surface area contributed by atoms with Crippen molar-refractivity contribution < 1.29 is 0 Å². The van der Waals surface area contributed by atoms with Crippen molar-refractivity contribution in [3.63, 3.8) is 0 Å². The van der Waals surface area contributed by atoms with Crippen LogP contribution in [0.1, 0.15) is 18.7 Å². The van der Waals surface area contributed by atoms with E-state index >= 15 is 0 Å². The Kier molecular flexibility index (Phi) is 5.24. The topological polar surface area (TPSA) is 44.0 Å². The van der Waals surface area contributed by atoms with Gasteiger partial charge in [-0.2, -0.15) is 0 Å². The van der Waals surface area contributed by atoms with Gasteiger partial charge in [0.25, 0.3) is 5.56 Å². The predicted octanol–water partition coefficient (Wildman–Crippen LogP) is 4.37. The molecule has 4 nitrogen and oxygen atoms in total. The molecule has 0 radical (unpaired) electrons. The summed E-state index contributed by atoms with van der Waals surface area (Å²) in [7, 11) is 1.54. The Labute approximate surface area is 156 Å². The van der Waals surface area contributed by atoms with Crippen LogP contribution in [0.25, 0.3) is 10.2 Å². The van der Waals surface area contributed by atoms with Gasteiger partial charge in [-0.15, -0.1) is 34.3 Å². The van der Waals surface area contributed by atoms with E-state index in [-0.39, 0.29) is 11.2 Å². The van der Waals surface area contributed by atoms with Crippen molar-refractivity contribution in [2.45, 2.75) is 35.4 Å². The number of nitrogens with zero attached hydrogens (tertiary/aromatic N) is 2. The van der Waals surface area contributed by atoms with E-state index in [2.05, 4.69) is 13.8 Å².